The van der Waals surface area contributed by atoms with Gasteiger partial charge in [0.15, 0.2) is 0 Å². The SMILES string of the molecule is c1ccc2cc(-c3ccc4c(-c5ccc6ccccc6c5)c5cc(-c6ccc(-c7nc8ccccc8c8ccccc78)cc6)ccc5c(-c5ccc6ccccc6c5)c4c3)ccc2c1. The van der Waals surface area contributed by atoms with Crippen LogP contribution in [-0.2, 0) is 0 Å². The molecule has 0 atom stereocenters. The minimum absolute atomic E-state index is 1.01. The van der Waals surface area contributed by atoms with Crippen molar-refractivity contribution in [2.45, 2.75) is 0 Å². The molecule has 1 aromatic heterocycles. The number of nitrogens with zero attached hydrogens (tertiary/aromatic N) is 1. The van der Waals surface area contributed by atoms with Gasteiger partial charge in [-0.3, -0.25) is 0 Å². The second-order valence-corrected chi connectivity index (χ2v) is 17.1. The Labute approximate surface area is 371 Å². The number of aromatic nitrogens is 1. The van der Waals surface area contributed by atoms with E-state index < -0.39 is 0 Å². The Kier molecular flexibility index (Phi) is 8.29. The second-order valence-electron chi connectivity index (χ2n) is 17.1. The van der Waals surface area contributed by atoms with Crippen LogP contribution in [0.15, 0.2) is 237 Å². The van der Waals surface area contributed by atoms with Crippen molar-refractivity contribution in [2.24, 2.45) is 0 Å². The summed E-state index contributed by atoms with van der Waals surface area (Å²) in [5.41, 5.74) is 12.8. The van der Waals surface area contributed by atoms with Crippen LogP contribution in [0.5, 0.6) is 0 Å². The first kappa shape index (κ1) is 36.3. The fraction of sp³-hybridized carbons (Fsp3) is 0. The highest BCUT2D eigenvalue weighted by atomic mass is 14.7. The average molecular weight is 810 g/mol. The number of hydrogen-bond acceptors (Lipinski definition) is 1. The summed E-state index contributed by atoms with van der Waals surface area (Å²) >= 11 is 0. The predicted molar refractivity (Wildman–Crippen MR) is 274 cm³/mol. The van der Waals surface area contributed by atoms with Crippen LogP contribution in [-0.4, -0.2) is 4.98 Å². The molecule has 0 aliphatic rings. The van der Waals surface area contributed by atoms with Crippen molar-refractivity contribution in [3.05, 3.63) is 237 Å². The molecule has 0 radical (unpaired) electrons. The van der Waals surface area contributed by atoms with Gasteiger partial charge in [-0.1, -0.05) is 200 Å². The minimum atomic E-state index is 1.01. The predicted octanol–water partition coefficient (Wildman–Crippen LogP) is 17.5. The van der Waals surface area contributed by atoms with Gasteiger partial charge in [0.2, 0.25) is 0 Å². The van der Waals surface area contributed by atoms with E-state index >= 15 is 0 Å². The molecule has 0 aliphatic carbocycles. The quantitative estimate of drug-likeness (QED) is 0.125. The molecule has 1 nitrogen and oxygen atoms in total. The average Bonchev–Trinajstić information content (AvgIpc) is 3.37. The smallest absolute Gasteiger partial charge is 0.0788 e. The molecule has 13 rings (SSSR count). The molecule has 0 unspecified atom stereocenters. The zero-order valence-corrected chi connectivity index (χ0v) is 35.0. The molecule has 0 saturated heterocycles. The summed E-state index contributed by atoms with van der Waals surface area (Å²) < 4.78 is 0. The molecule has 0 fully saturated rings. The highest BCUT2D eigenvalue weighted by molar-refractivity contribution is 6.23. The van der Waals surface area contributed by atoms with Crippen LogP contribution < -0.4 is 0 Å². The number of rotatable bonds is 5. The van der Waals surface area contributed by atoms with Crippen molar-refractivity contribution in [2.75, 3.05) is 0 Å². The van der Waals surface area contributed by atoms with E-state index in [0.717, 1.165) is 22.2 Å². The van der Waals surface area contributed by atoms with Gasteiger partial charge >= 0.3 is 0 Å². The van der Waals surface area contributed by atoms with E-state index in [1.807, 2.05) is 0 Å². The lowest BCUT2D eigenvalue weighted by Gasteiger charge is -2.20. The summed E-state index contributed by atoms with van der Waals surface area (Å²) in [4.78, 5) is 5.21. The van der Waals surface area contributed by atoms with Crippen molar-refractivity contribution in [3.63, 3.8) is 0 Å². The van der Waals surface area contributed by atoms with Crippen LogP contribution in [0.25, 0.3) is 131 Å². The first-order valence-corrected chi connectivity index (χ1v) is 22.1. The Morgan fingerprint density at radius 1 is 0.203 bits per heavy atom. The van der Waals surface area contributed by atoms with Gasteiger partial charge in [-0.2, -0.15) is 0 Å². The summed E-state index contributed by atoms with van der Waals surface area (Å²) in [5.74, 6) is 0. The standard InChI is InChI=1S/C63H39N/c1-4-14-45-35-48(28-23-40(45)11-1)50-32-34-56-59(39-50)62(52-30-25-42-13-3-6-16-47(42)37-52)55-33-31-49(38-58(55)61(56)51-29-24-41-12-2-5-15-46(41)36-51)43-21-26-44(27-22-43)63-57-19-8-7-17-53(57)54-18-9-10-20-60(54)64-63/h1-39H. The van der Waals surface area contributed by atoms with E-state index in [0.29, 0.717) is 0 Å². The molecular formula is C63H39N. The zero-order chi connectivity index (χ0) is 42.1. The Bertz CT molecular complexity index is 4010. The normalized spacial score (nSPS) is 11.8. The summed E-state index contributed by atoms with van der Waals surface area (Å²) in [6.07, 6.45) is 0. The summed E-state index contributed by atoms with van der Waals surface area (Å²) in [6.45, 7) is 0. The molecule has 0 amide bonds. The molecule has 0 N–H and O–H groups in total. The molecule has 13 aromatic rings. The van der Waals surface area contributed by atoms with Crippen LogP contribution in [0.2, 0.25) is 0 Å². The number of benzene rings is 12. The number of pyridine rings is 1. The first-order valence-electron chi connectivity index (χ1n) is 22.1. The van der Waals surface area contributed by atoms with Crippen molar-refractivity contribution >= 4 is 75.5 Å². The molecule has 1 heterocycles. The van der Waals surface area contributed by atoms with Crippen LogP contribution in [0.4, 0.5) is 0 Å². The maximum absolute atomic E-state index is 5.21. The van der Waals surface area contributed by atoms with Crippen molar-refractivity contribution < 1.29 is 0 Å². The van der Waals surface area contributed by atoms with Crippen LogP contribution in [0.3, 0.4) is 0 Å². The van der Waals surface area contributed by atoms with Crippen molar-refractivity contribution in [3.8, 4) is 55.8 Å². The second kappa shape index (κ2) is 14.6. The fourth-order valence-electron chi connectivity index (χ4n) is 10.2. The largest absolute Gasteiger partial charge is 0.247 e. The van der Waals surface area contributed by atoms with Gasteiger partial charge in [0.25, 0.3) is 0 Å². The van der Waals surface area contributed by atoms with Gasteiger partial charge in [-0.05, 0) is 140 Å². The van der Waals surface area contributed by atoms with E-state index in [-0.39, 0.29) is 0 Å². The molecule has 0 bridgehead atoms. The third-order valence-corrected chi connectivity index (χ3v) is 13.4. The lowest BCUT2D eigenvalue weighted by molar-refractivity contribution is 1.43. The van der Waals surface area contributed by atoms with E-state index in [1.54, 1.807) is 0 Å². The number of para-hydroxylation sites is 1. The molecule has 12 aromatic carbocycles. The third-order valence-electron chi connectivity index (χ3n) is 13.4. The topological polar surface area (TPSA) is 12.9 Å². The molecule has 0 spiro atoms. The minimum Gasteiger partial charge on any atom is -0.247 e. The lowest BCUT2D eigenvalue weighted by Crippen LogP contribution is -1.93. The van der Waals surface area contributed by atoms with Gasteiger partial charge < -0.3 is 0 Å². The Morgan fingerprint density at radius 2 is 0.578 bits per heavy atom. The third kappa shape index (κ3) is 5.97. The van der Waals surface area contributed by atoms with Crippen LogP contribution >= 0.6 is 0 Å². The Hall–Kier alpha value is -8.39. The first-order chi connectivity index (χ1) is 31.7. The number of fused-ring (bicyclic) bond motifs is 8. The van der Waals surface area contributed by atoms with Crippen molar-refractivity contribution in [1.82, 2.24) is 4.98 Å². The van der Waals surface area contributed by atoms with Crippen LogP contribution in [0.1, 0.15) is 0 Å². The van der Waals surface area contributed by atoms with Gasteiger partial charge in [0.1, 0.15) is 0 Å². The monoisotopic (exact) mass is 809 g/mol. The molecule has 1 heteroatoms. The summed E-state index contributed by atoms with van der Waals surface area (Å²) in [6, 6.07) is 87.1. The molecular weight excluding hydrogens is 771 g/mol. The fourth-order valence-corrected chi connectivity index (χ4v) is 10.2. The maximum Gasteiger partial charge on any atom is 0.0788 e. The van der Waals surface area contributed by atoms with E-state index in [1.165, 1.54) is 109 Å². The van der Waals surface area contributed by atoms with Gasteiger partial charge in [-0.15, -0.1) is 0 Å². The van der Waals surface area contributed by atoms with Crippen LogP contribution in [0, 0.1) is 0 Å². The van der Waals surface area contributed by atoms with Gasteiger partial charge in [0.05, 0.1) is 11.2 Å². The van der Waals surface area contributed by atoms with E-state index in [2.05, 4.69) is 237 Å². The Balaban J connectivity index is 1.06. The zero-order valence-electron chi connectivity index (χ0n) is 35.0. The van der Waals surface area contributed by atoms with Gasteiger partial charge in [0, 0.05) is 16.3 Å². The summed E-state index contributed by atoms with van der Waals surface area (Å²) in [5, 5.41) is 15.9. The van der Waals surface area contributed by atoms with Gasteiger partial charge in [-0.25, -0.2) is 4.98 Å². The number of hydrogen-bond donors (Lipinski definition) is 0. The van der Waals surface area contributed by atoms with E-state index in [4.69, 9.17) is 4.98 Å². The van der Waals surface area contributed by atoms with E-state index in [9.17, 15) is 0 Å². The molecule has 0 aliphatic heterocycles. The lowest BCUT2D eigenvalue weighted by atomic mass is 9.83. The Morgan fingerprint density at radius 3 is 1.14 bits per heavy atom. The van der Waals surface area contributed by atoms with Crippen molar-refractivity contribution in [1.29, 1.82) is 0 Å². The molecule has 0 saturated carbocycles. The highest BCUT2D eigenvalue weighted by Gasteiger charge is 2.20. The molecule has 296 valence electrons. The summed E-state index contributed by atoms with van der Waals surface area (Å²) in [7, 11) is 0. The maximum atomic E-state index is 5.21. The molecule has 64 heavy (non-hydrogen) atoms. The highest BCUT2D eigenvalue weighted by Crippen LogP contribution is 2.47.